The molecular weight excluding hydrogens is 462 g/mol. The monoisotopic (exact) mass is 489 g/mol. The SMILES string of the molecule is Cc1ccc(Cn2c(-c3ccc(S(=O)(=O)N4CCCC4)cc3)csc2=Nc2ccccc2)cc1. The lowest BCUT2D eigenvalue weighted by Gasteiger charge is -2.16. The summed E-state index contributed by atoms with van der Waals surface area (Å²) in [6.07, 6.45) is 1.86. The first kappa shape index (κ1) is 22.8. The van der Waals surface area contributed by atoms with Crippen LogP contribution < -0.4 is 4.80 Å². The first-order valence-electron chi connectivity index (χ1n) is 11.4. The van der Waals surface area contributed by atoms with Gasteiger partial charge >= 0.3 is 0 Å². The number of rotatable bonds is 6. The Balaban J connectivity index is 1.54. The lowest BCUT2D eigenvalue weighted by molar-refractivity contribution is 0.477. The van der Waals surface area contributed by atoms with Gasteiger partial charge < -0.3 is 4.57 Å². The molecule has 34 heavy (non-hydrogen) atoms. The van der Waals surface area contributed by atoms with Crippen molar-refractivity contribution in [2.24, 2.45) is 4.99 Å². The number of sulfonamides is 1. The van der Waals surface area contributed by atoms with E-state index in [0.29, 0.717) is 24.5 Å². The molecule has 0 N–H and O–H groups in total. The van der Waals surface area contributed by atoms with Crippen molar-refractivity contribution in [2.45, 2.75) is 31.2 Å². The minimum Gasteiger partial charge on any atom is -0.312 e. The summed E-state index contributed by atoms with van der Waals surface area (Å²) in [5.41, 5.74) is 5.31. The number of thiazole rings is 1. The van der Waals surface area contributed by atoms with Gasteiger partial charge in [0, 0.05) is 18.5 Å². The molecule has 1 aromatic heterocycles. The van der Waals surface area contributed by atoms with E-state index in [-0.39, 0.29) is 0 Å². The van der Waals surface area contributed by atoms with E-state index >= 15 is 0 Å². The normalized spacial score (nSPS) is 15.1. The molecule has 3 aromatic carbocycles. The largest absolute Gasteiger partial charge is 0.312 e. The van der Waals surface area contributed by atoms with Crippen LogP contribution in [0, 0.1) is 6.92 Å². The Labute approximate surface area is 204 Å². The molecule has 1 aliphatic rings. The molecule has 1 fully saturated rings. The van der Waals surface area contributed by atoms with Crippen LogP contribution in [0.25, 0.3) is 11.3 Å². The molecule has 1 aliphatic heterocycles. The van der Waals surface area contributed by atoms with Crippen LogP contribution in [0.4, 0.5) is 5.69 Å². The predicted molar refractivity (Wildman–Crippen MR) is 138 cm³/mol. The molecule has 5 rings (SSSR count). The maximum Gasteiger partial charge on any atom is 0.243 e. The van der Waals surface area contributed by atoms with Crippen LogP contribution in [0.5, 0.6) is 0 Å². The van der Waals surface area contributed by atoms with Gasteiger partial charge in [-0.1, -0.05) is 60.2 Å². The summed E-state index contributed by atoms with van der Waals surface area (Å²) in [7, 11) is -3.43. The summed E-state index contributed by atoms with van der Waals surface area (Å²) in [6, 6.07) is 25.7. The average molecular weight is 490 g/mol. The van der Waals surface area contributed by atoms with Crippen molar-refractivity contribution in [1.82, 2.24) is 8.87 Å². The third kappa shape index (κ3) is 4.78. The van der Waals surface area contributed by atoms with Crippen molar-refractivity contribution < 1.29 is 8.42 Å². The van der Waals surface area contributed by atoms with Crippen LogP contribution in [0.2, 0.25) is 0 Å². The quantitative estimate of drug-likeness (QED) is 0.355. The van der Waals surface area contributed by atoms with Crippen molar-refractivity contribution in [3.8, 4) is 11.3 Å². The molecule has 0 bridgehead atoms. The highest BCUT2D eigenvalue weighted by Crippen LogP contribution is 2.26. The van der Waals surface area contributed by atoms with Crippen molar-refractivity contribution >= 4 is 27.0 Å². The van der Waals surface area contributed by atoms with Gasteiger partial charge in [0.15, 0.2) is 4.80 Å². The van der Waals surface area contributed by atoms with Crippen LogP contribution in [0.15, 0.2) is 94.1 Å². The van der Waals surface area contributed by atoms with Crippen molar-refractivity contribution in [2.75, 3.05) is 13.1 Å². The van der Waals surface area contributed by atoms with Gasteiger partial charge in [-0.15, -0.1) is 11.3 Å². The molecule has 0 unspecified atom stereocenters. The predicted octanol–water partition coefficient (Wildman–Crippen LogP) is 5.59. The summed E-state index contributed by atoms with van der Waals surface area (Å²) in [5.74, 6) is 0. The van der Waals surface area contributed by atoms with E-state index in [1.54, 1.807) is 27.8 Å². The molecule has 2 heterocycles. The standard InChI is InChI=1S/C27H27N3O2S2/c1-21-9-11-22(12-10-21)19-30-26(20-33-27(30)28-24-7-3-2-4-8-24)23-13-15-25(16-14-23)34(31,32)29-17-5-6-18-29/h2-4,7-16,20H,5-6,17-19H2,1H3. The summed E-state index contributed by atoms with van der Waals surface area (Å²) >= 11 is 1.59. The van der Waals surface area contributed by atoms with Gasteiger partial charge in [0.2, 0.25) is 10.0 Å². The first-order chi connectivity index (χ1) is 16.5. The van der Waals surface area contributed by atoms with Crippen LogP contribution in [0.1, 0.15) is 24.0 Å². The van der Waals surface area contributed by atoms with Gasteiger partial charge in [-0.25, -0.2) is 13.4 Å². The number of nitrogens with zero attached hydrogens (tertiary/aromatic N) is 3. The fraction of sp³-hybridized carbons (Fsp3) is 0.222. The molecule has 0 aliphatic carbocycles. The van der Waals surface area contributed by atoms with Crippen LogP contribution in [-0.2, 0) is 16.6 Å². The van der Waals surface area contributed by atoms with E-state index in [1.165, 1.54) is 11.1 Å². The summed E-state index contributed by atoms with van der Waals surface area (Å²) < 4.78 is 29.7. The number of hydrogen-bond acceptors (Lipinski definition) is 4. The second kappa shape index (κ2) is 9.70. The second-order valence-electron chi connectivity index (χ2n) is 8.56. The zero-order chi connectivity index (χ0) is 23.5. The second-order valence-corrected chi connectivity index (χ2v) is 11.3. The number of aryl methyl sites for hydroxylation is 1. The molecule has 1 saturated heterocycles. The van der Waals surface area contributed by atoms with Crippen molar-refractivity contribution in [3.05, 3.63) is 100 Å². The third-order valence-electron chi connectivity index (χ3n) is 6.09. The highest BCUT2D eigenvalue weighted by molar-refractivity contribution is 7.89. The molecule has 0 radical (unpaired) electrons. The minimum atomic E-state index is -3.43. The average Bonchev–Trinajstić information content (AvgIpc) is 3.53. The third-order valence-corrected chi connectivity index (χ3v) is 8.87. The lowest BCUT2D eigenvalue weighted by atomic mass is 10.1. The highest BCUT2D eigenvalue weighted by atomic mass is 32.2. The van der Waals surface area contributed by atoms with Crippen LogP contribution >= 0.6 is 11.3 Å². The van der Waals surface area contributed by atoms with Crippen LogP contribution in [0.3, 0.4) is 0 Å². The molecular formula is C27H27N3O2S2. The summed E-state index contributed by atoms with van der Waals surface area (Å²) in [5, 5.41) is 2.10. The Hall–Kier alpha value is -3.00. The minimum absolute atomic E-state index is 0.354. The lowest BCUT2D eigenvalue weighted by Crippen LogP contribution is -2.27. The van der Waals surface area contributed by atoms with Gasteiger partial charge in [-0.2, -0.15) is 4.31 Å². The van der Waals surface area contributed by atoms with Gasteiger partial charge in [-0.05, 0) is 55.2 Å². The number of para-hydroxylation sites is 1. The fourth-order valence-corrected chi connectivity index (χ4v) is 6.61. The van der Waals surface area contributed by atoms with E-state index in [4.69, 9.17) is 4.99 Å². The first-order valence-corrected chi connectivity index (χ1v) is 13.8. The molecule has 5 nitrogen and oxygen atoms in total. The van der Waals surface area contributed by atoms with E-state index in [0.717, 1.165) is 34.6 Å². The van der Waals surface area contributed by atoms with E-state index in [2.05, 4.69) is 41.1 Å². The molecule has 0 spiro atoms. The topological polar surface area (TPSA) is 54.7 Å². The van der Waals surface area contributed by atoms with Gasteiger partial charge in [0.25, 0.3) is 0 Å². The van der Waals surface area contributed by atoms with E-state index in [9.17, 15) is 8.42 Å². The molecule has 7 heteroatoms. The zero-order valence-corrected chi connectivity index (χ0v) is 20.7. The maximum atomic E-state index is 12.9. The Morgan fingerprint density at radius 2 is 1.56 bits per heavy atom. The molecule has 174 valence electrons. The highest BCUT2D eigenvalue weighted by Gasteiger charge is 2.27. The number of aromatic nitrogens is 1. The molecule has 0 amide bonds. The van der Waals surface area contributed by atoms with Crippen LogP contribution in [-0.4, -0.2) is 30.4 Å². The Morgan fingerprint density at radius 1 is 0.882 bits per heavy atom. The molecule has 0 atom stereocenters. The summed E-state index contributed by atoms with van der Waals surface area (Å²) in [4.78, 5) is 6.14. The van der Waals surface area contributed by atoms with Gasteiger partial charge in [0.1, 0.15) is 0 Å². The van der Waals surface area contributed by atoms with Crippen molar-refractivity contribution in [1.29, 1.82) is 0 Å². The smallest absolute Gasteiger partial charge is 0.243 e. The van der Waals surface area contributed by atoms with Gasteiger partial charge in [0.05, 0.1) is 22.8 Å². The van der Waals surface area contributed by atoms with E-state index in [1.807, 2.05) is 42.5 Å². The Kier molecular flexibility index (Phi) is 6.50. The maximum absolute atomic E-state index is 12.9. The molecule has 4 aromatic rings. The fourth-order valence-electron chi connectivity index (χ4n) is 4.17. The Bertz CT molecular complexity index is 1430. The van der Waals surface area contributed by atoms with E-state index < -0.39 is 10.0 Å². The molecule has 0 saturated carbocycles. The van der Waals surface area contributed by atoms with Crippen molar-refractivity contribution in [3.63, 3.8) is 0 Å². The number of benzene rings is 3. The Morgan fingerprint density at radius 3 is 2.24 bits per heavy atom. The zero-order valence-electron chi connectivity index (χ0n) is 19.1. The number of hydrogen-bond donors (Lipinski definition) is 0. The van der Waals surface area contributed by atoms with Gasteiger partial charge in [-0.3, -0.25) is 0 Å². The summed E-state index contributed by atoms with van der Waals surface area (Å²) in [6.45, 7) is 3.98.